The van der Waals surface area contributed by atoms with Gasteiger partial charge in [0.1, 0.15) is 5.60 Å². The van der Waals surface area contributed by atoms with Crippen LogP contribution in [-0.2, 0) is 10.4 Å². The number of aliphatic hydroxyl groups excluding tert-OH is 1. The highest BCUT2D eigenvalue weighted by Gasteiger charge is 2.43. The number of benzene rings is 1. The lowest BCUT2D eigenvalue weighted by Crippen LogP contribution is -2.21. The Kier molecular flexibility index (Phi) is 7.20. The van der Waals surface area contributed by atoms with Gasteiger partial charge in [0.15, 0.2) is 0 Å². The summed E-state index contributed by atoms with van der Waals surface area (Å²) in [5.41, 5.74) is 2.43. The third-order valence-electron chi connectivity index (χ3n) is 6.83. The number of hydrogen-bond acceptors (Lipinski definition) is 3. The zero-order valence-corrected chi connectivity index (χ0v) is 18.8. The SMILES string of the molecule is Cc1cccc([C@](C)(O)/C=C/[C@@H]2[C@H]3CC(CCCCC(=O)N(C)C)=C[C@H]3C[C@H]2O)c1. The summed E-state index contributed by atoms with van der Waals surface area (Å²) >= 11 is 0. The van der Waals surface area contributed by atoms with Crippen molar-refractivity contribution in [3.63, 3.8) is 0 Å². The Balaban J connectivity index is 1.56. The van der Waals surface area contributed by atoms with E-state index in [9.17, 15) is 15.0 Å². The normalized spacial score (nSPS) is 27.7. The van der Waals surface area contributed by atoms with Crippen LogP contribution < -0.4 is 0 Å². The van der Waals surface area contributed by atoms with Crippen LogP contribution in [0.5, 0.6) is 0 Å². The molecule has 0 radical (unpaired) electrons. The molecule has 0 saturated heterocycles. The number of aliphatic hydroxyl groups is 2. The molecule has 0 aliphatic heterocycles. The number of hydrogen-bond donors (Lipinski definition) is 2. The zero-order valence-electron chi connectivity index (χ0n) is 18.8. The van der Waals surface area contributed by atoms with Gasteiger partial charge in [-0.25, -0.2) is 0 Å². The maximum absolute atomic E-state index is 11.7. The predicted molar refractivity (Wildman–Crippen MR) is 121 cm³/mol. The number of rotatable bonds is 8. The van der Waals surface area contributed by atoms with Crippen molar-refractivity contribution >= 4 is 5.91 Å². The van der Waals surface area contributed by atoms with E-state index in [0.29, 0.717) is 18.3 Å². The van der Waals surface area contributed by atoms with E-state index in [0.717, 1.165) is 43.2 Å². The van der Waals surface area contributed by atoms with Crippen molar-refractivity contribution in [2.45, 2.75) is 64.1 Å². The van der Waals surface area contributed by atoms with Crippen LogP contribution in [0.4, 0.5) is 0 Å². The Bertz CT molecular complexity index is 808. The Hall–Kier alpha value is -1.91. The van der Waals surface area contributed by atoms with Crippen molar-refractivity contribution in [2.24, 2.45) is 17.8 Å². The predicted octanol–water partition coefficient (Wildman–Crippen LogP) is 4.35. The van der Waals surface area contributed by atoms with Crippen LogP contribution in [0.15, 0.2) is 48.1 Å². The molecule has 5 atom stereocenters. The molecule has 2 N–H and O–H groups in total. The summed E-state index contributed by atoms with van der Waals surface area (Å²) in [4.78, 5) is 13.4. The molecule has 2 aliphatic rings. The van der Waals surface area contributed by atoms with Crippen LogP contribution >= 0.6 is 0 Å². The third-order valence-corrected chi connectivity index (χ3v) is 6.83. The van der Waals surface area contributed by atoms with Crippen molar-refractivity contribution in [1.82, 2.24) is 4.90 Å². The van der Waals surface area contributed by atoms with Crippen molar-refractivity contribution in [2.75, 3.05) is 14.1 Å². The Morgan fingerprint density at radius 2 is 2.07 bits per heavy atom. The molecule has 0 spiro atoms. The highest BCUT2D eigenvalue weighted by atomic mass is 16.3. The van der Waals surface area contributed by atoms with Gasteiger partial charge in [-0.1, -0.05) is 53.6 Å². The Morgan fingerprint density at radius 1 is 1.30 bits per heavy atom. The van der Waals surface area contributed by atoms with Crippen LogP contribution in [0, 0.1) is 24.7 Å². The molecule has 4 nitrogen and oxygen atoms in total. The fourth-order valence-corrected chi connectivity index (χ4v) is 5.00. The van der Waals surface area contributed by atoms with Crippen LogP contribution in [0.2, 0.25) is 0 Å². The number of amides is 1. The van der Waals surface area contributed by atoms with Gasteiger partial charge in [0.2, 0.25) is 5.91 Å². The maximum atomic E-state index is 11.7. The zero-order chi connectivity index (χ0) is 21.9. The second kappa shape index (κ2) is 9.49. The highest BCUT2D eigenvalue weighted by molar-refractivity contribution is 5.75. The lowest BCUT2D eigenvalue weighted by atomic mass is 9.86. The van der Waals surface area contributed by atoms with Crippen LogP contribution in [-0.4, -0.2) is 41.2 Å². The number of unbranched alkanes of at least 4 members (excludes halogenated alkanes) is 1. The second-order valence-corrected chi connectivity index (χ2v) is 9.61. The van der Waals surface area contributed by atoms with E-state index < -0.39 is 5.60 Å². The minimum Gasteiger partial charge on any atom is -0.392 e. The molecular weight excluding hydrogens is 374 g/mol. The standard InChI is InChI=1S/C26H37NO3/c1-18-8-7-10-21(14-18)26(2,30)13-12-22-23-16-19(15-20(23)17-24(22)28)9-5-6-11-25(29)27(3)4/h7-8,10,12-15,20,22-24,28,30H,5-6,9,11,16-17H2,1-4H3/b13-12+/t20-,22+,23-,24+,26+/m0/s1. The van der Waals surface area contributed by atoms with Crippen LogP contribution in [0.1, 0.15) is 56.6 Å². The minimum atomic E-state index is -1.04. The van der Waals surface area contributed by atoms with Gasteiger partial charge >= 0.3 is 0 Å². The van der Waals surface area contributed by atoms with E-state index in [1.807, 2.05) is 50.3 Å². The van der Waals surface area contributed by atoms with E-state index >= 15 is 0 Å². The van der Waals surface area contributed by atoms with Gasteiger partial charge < -0.3 is 15.1 Å². The smallest absolute Gasteiger partial charge is 0.222 e. The highest BCUT2D eigenvalue weighted by Crippen LogP contribution is 2.48. The molecule has 164 valence electrons. The number of carbonyl (C=O) groups is 1. The molecule has 1 aromatic rings. The van der Waals surface area contributed by atoms with Crippen molar-refractivity contribution in [3.05, 3.63) is 59.2 Å². The molecule has 0 aromatic heterocycles. The molecule has 1 aromatic carbocycles. The number of fused-ring (bicyclic) bond motifs is 1. The fraction of sp³-hybridized carbons (Fsp3) is 0.577. The van der Waals surface area contributed by atoms with Gasteiger partial charge in [-0.15, -0.1) is 0 Å². The van der Waals surface area contributed by atoms with E-state index in [2.05, 4.69) is 6.08 Å². The molecule has 0 bridgehead atoms. The summed E-state index contributed by atoms with van der Waals surface area (Å²) in [7, 11) is 3.61. The summed E-state index contributed by atoms with van der Waals surface area (Å²) in [6.07, 6.45) is 11.4. The fourth-order valence-electron chi connectivity index (χ4n) is 5.00. The number of allylic oxidation sites excluding steroid dienone is 2. The molecule has 0 heterocycles. The van der Waals surface area contributed by atoms with Gasteiger partial charge in [-0.3, -0.25) is 4.79 Å². The molecule has 3 rings (SSSR count). The number of nitrogens with zero attached hydrogens (tertiary/aromatic N) is 1. The molecule has 2 aliphatic carbocycles. The van der Waals surface area contributed by atoms with Crippen LogP contribution in [0.25, 0.3) is 0 Å². The molecule has 4 heteroatoms. The van der Waals surface area contributed by atoms with Gasteiger partial charge in [-0.2, -0.15) is 0 Å². The number of carbonyl (C=O) groups excluding carboxylic acids is 1. The molecule has 0 unspecified atom stereocenters. The average Bonchev–Trinajstić information content (AvgIpc) is 3.19. The Labute approximate surface area is 181 Å². The topological polar surface area (TPSA) is 60.8 Å². The lowest BCUT2D eigenvalue weighted by molar-refractivity contribution is -0.128. The van der Waals surface area contributed by atoms with Gasteiger partial charge in [-0.05, 0) is 63.4 Å². The van der Waals surface area contributed by atoms with Gasteiger partial charge in [0, 0.05) is 26.4 Å². The first-order valence-electron chi connectivity index (χ1n) is 11.2. The monoisotopic (exact) mass is 411 g/mol. The summed E-state index contributed by atoms with van der Waals surface area (Å²) in [5.74, 6) is 1.12. The Morgan fingerprint density at radius 3 is 2.77 bits per heavy atom. The lowest BCUT2D eigenvalue weighted by Gasteiger charge is -2.23. The van der Waals surface area contributed by atoms with Crippen molar-refractivity contribution < 1.29 is 15.0 Å². The number of aryl methyl sites for hydroxylation is 1. The van der Waals surface area contributed by atoms with E-state index in [4.69, 9.17) is 0 Å². The average molecular weight is 412 g/mol. The third kappa shape index (κ3) is 5.41. The van der Waals surface area contributed by atoms with Crippen molar-refractivity contribution in [3.8, 4) is 0 Å². The first-order chi connectivity index (χ1) is 14.2. The first kappa shape index (κ1) is 22.8. The van der Waals surface area contributed by atoms with E-state index in [1.54, 1.807) is 19.0 Å². The summed E-state index contributed by atoms with van der Waals surface area (Å²) in [6.45, 7) is 3.83. The first-order valence-corrected chi connectivity index (χ1v) is 11.2. The van der Waals surface area contributed by atoms with Gasteiger partial charge in [0.25, 0.3) is 0 Å². The summed E-state index contributed by atoms with van der Waals surface area (Å²) in [6, 6.07) is 7.94. The summed E-state index contributed by atoms with van der Waals surface area (Å²) < 4.78 is 0. The molecule has 1 amide bonds. The minimum absolute atomic E-state index is 0.0790. The quantitative estimate of drug-likeness (QED) is 0.494. The maximum Gasteiger partial charge on any atom is 0.222 e. The van der Waals surface area contributed by atoms with Gasteiger partial charge in [0.05, 0.1) is 6.10 Å². The molecule has 1 saturated carbocycles. The second-order valence-electron chi connectivity index (χ2n) is 9.61. The van der Waals surface area contributed by atoms with E-state index in [-0.39, 0.29) is 17.9 Å². The van der Waals surface area contributed by atoms with E-state index in [1.165, 1.54) is 5.57 Å². The molecular formula is C26H37NO3. The molecule has 1 fully saturated rings. The molecule has 30 heavy (non-hydrogen) atoms. The van der Waals surface area contributed by atoms with Crippen LogP contribution in [0.3, 0.4) is 0 Å². The summed E-state index contributed by atoms with van der Waals surface area (Å²) in [5, 5.41) is 21.6. The van der Waals surface area contributed by atoms with Crippen molar-refractivity contribution in [1.29, 1.82) is 0 Å². The largest absolute Gasteiger partial charge is 0.392 e.